The lowest BCUT2D eigenvalue weighted by Crippen LogP contribution is -2.29. The molecule has 2 rings (SSSR count). The zero-order valence-electron chi connectivity index (χ0n) is 15.8. The van der Waals surface area contributed by atoms with Crippen molar-refractivity contribution in [3.05, 3.63) is 42.2 Å². The second-order valence-electron chi connectivity index (χ2n) is 5.29. The average Bonchev–Trinajstić information content (AvgIpc) is 2.70. The van der Waals surface area contributed by atoms with Crippen molar-refractivity contribution >= 4 is 11.7 Å². The molecule has 0 aromatic heterocycles. The molecule has 0 fully saturated rings. The number of carbonyl (C=O) groups is 1. The Labute approximate surface area is 162 Å². The topological polar surface area (TPSA) is 78.1 Å². The highest BCUT2D eigenvalue weighted by Crippen LogP contribution is 2.39. The molecule has 0 saturated heterocycles. The van der Waals surface area contributed by atoms with Crippen LogP contribution in [0, 0.1) is 17.7 Å². The number of hydrogen-bond acceptors (Lipinski definition) is 5. The van der Waals surface area contributed by atoms with E-state index in [-0.39, 0.29) is 18.9 Å². The van der Waals surface area contributed by atoms with Crippen LogP contribution < -0.4 is 29.6 Å². The fraction of sp³-hybridized carbons (Fsp3) is 0.250. The number of hydrogen-bond donors (Lipinski definition) is 2. The van der Waals surface area contributed by atoms with Crippen molar-refractivity contribution in [2.24, 2.45) is 0 Å². The number of halogens is 1. The molecule has 0 heterocycles. The minimum absolute atomic E-state index is 0.0110. The van der Waals surface area contributed by atoms with E-state index >= 15 is 0 Å². The molecule has 2 amide bonds. The van der Waals surface area contributed by atoms with Crippen molar-refractivity contribution in [1.29, 1.82) is 0 Å². The van der Waals surface area contributed by atoms with Crippen molar-refractivity contribution in [1.82, 2.24) is 5.32 Å². The summed E-state index contributed by atoms with van der Waals surface area (Å²) < 4.78 is 34.3. The summed E-state index contributed by atoms with van der Waals surface area (Å²) >= 11 is 0. The minimum Gasteiger partial charge on any atom is -0.493 e. The third-order valence-electron chi connectivity index (χ3n) is 3.52. The highest BCUT2D eigenvalue weighted by molar-refractivity contribution is 5.90. The van der Waals surface area contributed by atoms with Gasteiger partial charge in [-0.3, -0.25) is 0 Å². The zero-order valence-corrected chi connectivity index (χ0v) is 15.8. The van der Waals surface area contributed by atoms with Gasteiger partial charge >= 0.3 is 6.03 Å². The maximum Gasteiger partial charge on any atom is 0.319 e. The van der Waals surface area contributed by atoms with E-state index in [4.69, 9.17) is 18.9 Å². The smallest absolute Gasteiger partial charge is 0.319 e. The lowest BCUT2D eigenvalue weighted by atomic mass is 10.2. The van der Waals surface area contributed by atoms with Crippen LogP contribution in [0.15, 0.2) is 36.4 Å². The molecule has 2 aromatic carbocycles. The number of ether oxygens (including phenoxy) is 4. The first-order valence-electron chi connectivity index (χ1n) is 8.27. The highest BCUT2D eigenvalue weighted by atomic mass is 19.1. The Hall–Kier alpha value is -3.60. The first-order chi connectivity index (χ1) is 13.6. The summed E-state index contributed by atoms with van der Waals surface area (Å²) in [5, 5.41) is 5.23. The van der Waals surface area contributed by atoms with Gasteiger partial charge in [-0.1, -0.05) is 24.0 Å². The number of anilines is 1. The maximum atomic E-state index is 13.4. The molecule has 0 aliphatic heterocycles. The second kappa shape index (κ2) is 10.5. The Morgan fingerprint density at radius 2 is 1.68 bits per heavy atom. The van der Waals surface area contributed by atoms with Crippen LogP contribution >= 0.6 is 0 Å². The number of nitrogens with one attached hydrogen (secondary N) is 2. The van der Waals surface area contributed by atoms with Gasteiger partial charge in [0.1, 0.15) is 6.61 Å². The van der Waals surface area contributed by atoms with Gasteiger partial charge in [-0.2, -0.15) is 0 Å². The van der Waals surface area contributed by atoms with Gasteiger partial charge in [0.15, 0.2) is 23.1 Å². The number of rotatable bonds is 7. The normalized spacial score (nSPS) is 9.57. The molecule has 2 aromatic rings. The van der Waals surface area contributed by atoms with Crippen molar-refractivity contribution in [3.8, 4) is 34.8 Å². The van der Waals surface area contributed by atoms with Gasteiger partial charge in [0, 0.05) is 12.1 Å². The van der Waals surface area contributed by atoms with Gasteiger partial charge in [0.25, 0.3) is 0 Å². The summed E-state index contributed by atoms with van der Waals surface area (Å²) in [6, 6.07) is 8.81. The van der Waals surface area contributed by atoms with E-state index in [1.54, 1.807) is 24.3 Å². The summed E-state index contributed by atoms with van der Waals surface area (Å²) in [5.41, 5.74) is 0.461. The molecule has 0 atom stereocenters. The molecule has 0 spiro atoms. The minimum atomic E-state index is -0.460. The highest BCUT2D eigenvalue weighted by Gasteiger charge is 2.14. The number of amides is 2. The Kier molecular flexibility index (Phi) is 7.78. The molecule has 0 bridgehead atoms. The Morgan fingerprint density at radius 3 is 2.29 bits per heavy atom. The summed E-state index contributed by atoms with van der Waals surface area (Å²) in [6.07, 6.45) is 0. The third kappa shape index (κ3) is 5.71. The largest absolute Gasteiger partial charge is 0.493 e. The van der Waals surface area contributed by atoms with Crippen molar-refractivity contribution < 1.29 is 28.1 Å². The molecule has 0 saturated carbocycles. The fourth-order valence-corrected chi connectivity index (χ4v) is 2.24. The van der Waals surface area contributed by atoms with Crippen LogP contribution in [-0.4, -0.2) is 40.5 Å². The predicted molar refractivity (Wildman–Crippen MR) is 103 cm³/mol. The maximum absolute atomic E-state index is 13.4. The van der Waals surface area contributed by atoms with Gasteiger partial charge in [-0.15, -0.1) is 0 Å². The molecule has 7 nitrogen and oxygen atoms in total. The van der Waals surface area contributed by atoms with Crippen LogP contribution in [0.4, 0.5) is 14.9 Å². The number of methoxy groups -OCH3 is 3. The van der Waals surface area contributed by atoms with E-state index in [9.17, 15) is 9.18 Å². The van der Waals surface area contributed by atoms with Gasteiger partial charge in [0.2, 0.25) is 5.75 Å². The van der Waals surface area contributed by atoms with Crippen molar-refractivity contribution in [2.75, 3.05) is 39.8 Å². The quantitative estimate of drug-likeness (QED) is 0.713. The van der Waals surface area contributed by atoms with Crippen molar-refractivity contribution in [2.45, 2.75) is 0 Å². The van der Waals surface area contributed by atoms with Crippen LogP contribution in [0.3, 0.4) is 0 Å². The summed E-state index contributed by atoms with van der Waals surface area (Å²) in [7, 11) is 4.47. The van der Waals surface area contributed by atoms with Crippen LogP contribution in [-0.2, 0) is 0 Å². The SMILES string of the molecule is COc1cc(NC(=O)NCC#CCOc2ccccc2F)cc(OC)c1OC. The molecule has 0 aliphatic rings. The van der Waals surface area contributed by atoms with Crippen LogP contribution in [0.2, 0.25) is 0 Å². The Balaban J connectivity index is 1.84. The first kappa shape index (κ1) is 20.7. The van der Waals surface area contributed by atoms with E-state index in [0.717, 1.165) is 0 Å². The predicted octanol–water partition coefficient (Wildman–Crippen LogP) is 3.06. The summed E-state index contributed by atoms with van der Waals surface area (Å²) in [6.45, 7) is 0.105. The van der Waals surface area contributed by atoms with Crippen LogP contribution in [0.1, 0.15) is 0 Å². The van der Waals surface area contributed by atoms with Gasteiger partial charge in [-0.25, -0.2) is 9.18 Å². The van der Waals surface area contributed by atoms with Crippen LogP contribution in [0.5, 0.6) is 23.0 Å². The summed E-state index contributed by atoms with van der Waals surface area (Å²) in [5.74, 6) is 6.35. The number of urea groups is 1. The molecular weight excluding hydrogens is 367 g/mol. The fourth-order valence-electron chi connectivity index (χ4n) is 2.24. The molecule has 0 aliphatic carbocycles. The molecule has 148 valence electrons. The van der Waals surface area contributed by atoms with E-state index < -0.39 is 11.8 Å². The molecular formula is C20H21FN2O5. The standard InChI is InChI=1S/C20H21FN2O5/c1-25-17-12-14(13-18(26-2)19(17)27-3)23-20(24)22-10-6-7-11-28-16-9-5-4-8-15(16)21/h4-5,8-9,12-13H,10-11H2,1-3H3,(H2,22,23,24). The van der Waals surface area contributed by atoms with E-state index in [2.05, 4.69) is 22.5 Å². The molecule has 0 unspecified atom stereocenters. The summed E-state index contributed by atoms with van der Waals surface area (Å²) in [4.78, 5) is 12.0. The van der Waals surface area contributed by atoms with Gasteiger partial charge in [0.05, 0.1) is 33.6 Å². The van der Waals surface area contributed by atoms with Gasteiger partial charge in [-0.05, 0) is 12.1 Å². The van der Waals surface area contributed by atoms with Gasteiger partial charge < -0.3 is 29.6 Å². The number of carbonyl (C=O) groups excluding carboxylic acids is 1. The molecule has 8 heteroatoms. The molecule has 0 radical (unpaired) electrons. The third-order valence-corrected chi connectivity index (χ3v) is 3.52. The Morgan fingerprint density at radius 1 is 1.00 bits per heavy atom. The lowest BCUT2D eigenvalue weighted by molar-refractivity contribution is 0.253. The molecule has 28 heavy (non-hydrogen) atoms. The lowest BCUT2D eigenvalue weighted by Gasteiger charge is -2.14. The van der Waals surface area contributed by atoms with E-state index in [0.29, 0.717) is 22.9 Å². The van der Waals surface area contributed by atoms with E-state index in [1.165, 1.54) is 33.5 Å². The zero-order chi connectivity index (χ0) is 20.4. The monoisotopic (exact) mass is 388 g/mol. The van der Waals surface area contributed by atoms with E-state index in [1.807, 2.05) is 0 Å². The number of benzene rings is 2. The van der Waals surface area contributed by atoms with Crippen molar-refractivity contribution in [3.63, 3.8) is 0 Å². The Bertz CT molecular complexity index is 851. The van der Waals surface area contributed by atoms with Crippen LogP contribution in [0.25, 0.3) is 0 Å². The first-order valence-corrected chi connectivity index (χ1v) is 8.27. The second-order valence-corrected chi connectivity index (χ2v) is 5.29. The average molecular weight is 388 g/mol. The molecule has 2 N–H and O–H groups in total. The number of para-hydroxylation sites is 1.